The Kier molecular flexibility index (Phi) is 6.37. The molecule has 1 aliphatic rings. The number of aromatic nitrogens is 2. The van der Waals surface area contributed by atoms with Crippen LogP contribution in [-0.2, 0) is 0 Å². The summed E-state index contributed by atoms with van der Waals surface area (Å²) in [6.45, 7) is 4.17. The molecule has 3 rings (SSSR count). The largest absolute Gasteiger partial charge is 0.349 e. The van der Waals surface area contributed by atoms with E-state index in [1.54, 1.807) is 10.8 Å². The number of carbonyl (C=O) groups is 2. The fourth-order valence-corrected chi connectivity index (χ4v) is 4.53. The van der Waals surface area contributed by atoms with Crippen LogP contribution in [0.4, 0.5) is 0 Å². The van der Waals surface area contributed by atoms with E-state index in [0.29, 0.717) is 23.9 Å². The molecule has 0 radical (unpaired) electrons. The quantitative estimate of drug-likeness (QED) is 0.790. The topological polar surface area (TPSA) is 84.0 Å². The van der Waals surface area contributed by atoms with E-state index in [2.05, 4.69) is 20.6 Å². The van der Waals surface area contributed by atoms with Crippen molar-refractivity contribution in [2.24, 2.45) is 5.92 Å². The zero-order chi connectivity index (χ0) is 18.5. The van der Waals surface area contributed by atoms with E-state index in [-0.39, 0.29) is 17.9 Å². The number of nitrogens with one attached hydrogen (secondary N) is 2. The lowest BCUT2D eigenvalue weighted by atomic mass is 9.83. The first kappa shape index (κ1) is 19.0. The molecule has 0 aliphatic heterocycles. The fraction of sp³-hybridized carbons (Fsp3) is 0.556. The Bertz CT molecular complexity index is 765. The van der Waals surface area contributed by atoms with E-state index < -0.39 is 0 Å². The van der Waals surface area contributed by atoms with E-state index in [1.807, 2.05) is 13.8 Å². The van der Waals surface area contributed by atoms with Gasteiger partial charge in [0.15, 0.2) is 0 Å². The van der Waals surface area contributed by atoms with Gasteiger partial charge in [0.1, 0.15) is 11.4 Å². The van der Waals surface area contributed by atoms with Gasteiger partial charge in [-0.25, -0.2) is 9.97 Å². The Balaban J connectivity index is 1.64. The maximum atomic E-state index is 12.5. The zero-order valence-corrected chi connectivity index (χ0v) is 16.7. The molecule has 0 aromatic carbocycles. The molecule has 0 bridgehead atoms. The summed E-state index contributed by atoms with van der Waals surface area (Å²) in [7, 11) is 0. The van der Waals surface area contributed by atoms with Crippen LogP contribution < -0.4 is 10.6 Å². The predicted octanol–water partition coefficient (Wildman–Crippen LogP) is 3.33. The van der Waals surface area contributed by atoms with Gasteiger partial charge in [0.2, 0.25) is 0 Å². The molecule has 2 aromatic rings. The minimum absolute atomic E-state index is 0.0894. The van der Waals surface area contributed by atoms with Gasteiger partial charge in [-0.05, 0) is 32.6 Å². The highest BCUT2D eigenvalue weighted by Gasteiger charge is 2.27. The highest BCUT2D eigenvalue weighted by atomic mass is 32.1. The molecule has 2 amide bonds. The van der Waals surface area contributed by atoms with Crippen molar-refractivity contribution in [3.63, 3.8) is 0 Å². The van der Waals surface area contributed by atoms with Crippen LogP contribution in [0.5, 0.6) is 0 Å². The number of nitrogens with zero attached hydrogens (tertiary/aromatic N) is 2. The van der Waals surface area contributed by atoms with E-state index in [0.717, 1.165) is 22.9 Å². The van der Waals surface area contributed by atoms with Crippen LogP contribution in [-0.4, -0.2) is 34.4 Å². The Morgan fingerprint density at radius 3 is 2.15 bits per heavy atom. The first-order chi connectivity index (χ1) is 12.5. The minimum atomic E-state index is -0.186. The van der Waals surface area contributed by atoms with Crippen LogP contribution in [0.1, 0.15) is 63.1 Å². The van der Waals surface area contributed by atoms with E-state index in [1.165, 1.54) is 41.9 Å². The highest BCUT2D eigenvalue weighted by molar-refractivity contribution is 7.10. The Morgan fingerprint density at radius 2 is 1.62 bits per heavy atom. The Labute approximate surface area is 161 Å². The number of aryl methyl sites for hydroxylation is 2. The molecule has 6 nitrogen and oxygen atoms in total. The highest BCUT2D eigenvalue weighted by Crippen LogP contribution is 2.26. The molecule has 2 aromatic heterocycles. The third kappa shape index (κ3) is 4.88. The van der Waals surface area contributed by atoms with Gasteiger partial charge in [-0.2, -0.15) is 0 Å². The Morgan fingerprint density at radius 1 is 1.04 bits per heavy atom. The van der Waals surface area contributed by atoms with Gasteiger partial charge in [0.25, 0.3) is 11.8 Å². The van der Waals surface area contributed by atoms with Crippen LogP contribution in [0, 0.1) is 19.8 Å². The molecule has 26 heavy (non-hydrogen) atoms. The van der Waals surface area contributed by atoms with Gasteiger partial charge in [-0.1, -0.05) is 19.3 Å². The normalized spacial score (nSPS) is 16.2. The summed E-state index contributed by atoms with van der Waals surface area (Å²) in [5, 5.41) is 11.3. The number of rotatable bonds is 6. The number of amides is 2. The molecule has 2 heterocycles. The molecule has 8 heteroatoms. The van der Waals surface area contributed by atoms with Crippen molar-refractivity contribution < 1.29 is 9.59 Å². The molecule has 1 fully saturated rings. The standard InChI is InChI=1S/C18H24N4O2S2/c1-11-20-15(9-25-11)17(23)19-8-14(13-6-4-3-5-7-13)22-18(24)16-10-26-12(2)21-16/h9-10,13-14H,3-8H2,1-2H3,(H,19,23)(H,22,24). The van der Waals surface area contributed by atoms with Crippen LogP contribution in [0.25, 0.3) is 0 Å². The molecule has 0 saturated heterocycles. The summed E-state index contributed by atoms with van der Waals surface area (Å²) in [5.74, 6) is 0.0301. The summed E-state index contributed by atoms with van der Waals surface area (Å²) >= 11 is 2.92. The zero-order valence-electron chi connectivity index (χ0n) is 15.1. The number of carbonyl (C=O) groups excluding carboxylic acids is 2. The van der Waals surface area contributed by atoms with E-state index in [4.69, 9.17) is 0 Å². The molecule has 1 aliphatic carbocycles. The van der Waals surface area contributed by atoms with E-state index in [9.17, 15) is 9.59 Å². The number of thiazole rings is 2. The average molecular weight is 393 g/mol. The summed E-state index contributed by atoms with van der Waals surface area (Å²) in [6.07, 6.45) is 5.74. The van der Waals surface area contributed by atoms with Crippen LogP contribution in [0.3, 0.4) is 0 Å². The maximum Gasteiger partial charge on any atom is 0.271 e. The lowest BCUT2D eigenvalue weighted by Crippen LogP contribution is -2.48. The average Bonchev–Trinajstić information content (AvgIpc) is 3.27. The Hall–Kier alpha value is -1.80. The number of hydrogen-bond donors (Lipinski definition) is 2. The molecule has 0 spiro atoms. The first-order valence-corrected chi connectivity index (χ1v) is 10.7. The maximum absolute atomic E-state index is 12.5. The molecular weight excluding hydrogens is 368 g/mol. The summed E-state index contributed by atoms with van der Waals surface area (Å²) in [5.41, 5.74) is 0.895. The minimum Gasteiger partial charge on any atom is -0.349 e. The summed E-state index contributed by atoms with van der Waals surface area (Å²) in [6, 6.07) is -0.0894. The smallest absolute Gasteiger partial charge is 0.271 e. The van der Waals surface area contributed by atoms with Gasteiger partial charge in [0.05, 0.1) is 10.0 Å². The molecule has 2 N–H and O–H groups in total. The van der Waals surface area contributed by atoms with Gasteiger partial charge in [-0.3, -0.25) is 9.59 Å². The molecule has 1 atom stereocenters. The van der Waals surface area contributed by atoms with Crippen LogP contribution >= 0.6 is 22.7 Å². The van der Waals surface area contributed by atoms with Crippen molar-refractivity contribution >= 4 is 34.5 Å². The second-order valence-corrected chi connectivity index (χ2v) is 8.82. The SMILES string of the molecule is Cc1nc(C(=O)NCC(NC(=O)c2csc(C)n2)C2CCCCC2)cs1. The van der Waals surface area contributed by atoms with Crippen molar-refractivity contribution in [3.05, 3.63) is 32.2 Å². The number of hydrogen-bond acceptors (Lipinski definition) is 6. The molecule has 1 unspecified atom stereocenters. The van der Waals surface area contributed by atoms with Crippen LogP contribution in [0.2, 0.25) is 0 Å². The van der Waals surface area contributed by atoms with Crippen molar-refractivity contribution in [2.45, 2.75) is 52.0 Å². The molecule has 140 valence electrons. The van der Waals surface area contributed by atoms with Gasteiger partial charge < -0.3 is 10.6 Å². The van der Waals surface area contributed by atoms with Crippen molar-refractivity contribution in [2.75, 3.05) is 6.54 Å². The monoisotopic (exact) mass is 392 g/mol. The van der Waals surface area contributed by atoms with Crippen molar-refractivity contribution in [3.8, 4) is 0 Å². The van der Waals surface area contributed by atoms with Crippen molar-refractivity contribution in [1.29, 1.82) is 0 Å². The third-order valence-corrected chi connectivity index (χ3v) is 6.27. The predicted molar refractivity (Wildman–Crippen MR) is 104 cm³/mol. The van der Waals surface area contributed by atoms with E-state index >= 15 is 0 Å². The summed E-state index contributed by atoms with van der Waals surface area (Å²) in [4.78, 5) is 33.3. The van der Waals surface area contributed by atoms with Gasteiger partial charge >= 0.3 is 0 Å². The van der Waals surface area contributed by atoms with Gasteiger partial charge in [0, 0.05) is 23.3 Å². The second kappa shape index (κ2) is 8.73. The molecule has 1 saturated carbocycles. The third-order valence-electron chi connectivity index (χ3n) is 4.72. The first-order valence-electron chi connectivity index (χ1n) is 8.96. The van der Waals surface area contributed by atoms with Crippen molar-refractivity contribution in [1.82, 2.24) is 20.6 Å². The molecular formula is C18H24N4O2S2. The second-order valence-electron chi connectivity index (χ2n) is 6.69. The fourth-order valence-electron chi connectivity index (χ4n) is 3.34. The lowest BCUT2D eigenvalue weighted by molar-refractivity contribution is 0.0878. The van der Waals surface area contributed by atoms with Gasteiger partial charge in [-0.15, -0.1) is 22.7 Å². The summed E-state index contributed by atoms with van der Waals surface area (Å²) < 4.78 is 0. The van der Waals surface area contributed by atoms with Crippen LogP contribution in [0.15, 0.2) is 10.8 Å². The lowest BCUT2D eigenvalue weighted by Gasteiger charge is -2.31.